The van der Waals surface area contributed by atoms with E-state index >= 15 is 0 Å². The van der Waals surface area contributed by atoms with Crippen LogP contribution in [-0.4, -0.2) is 10.9 Å². The molecule has 0 spiro atoms. The smallest absolute Gasteiger partial charge is 0.291 e. The number of halogens is 1. The molecule has 4 aromatic rings. The molecule has 2 heterocycles. The lowest BCUT2D eigenvalue weighted by Gasteiger charge is -2.07. The highest BCUT2D eigenvalue weighted by molar-refractivity contribution is 6.31. The maximum absolute atomic E-state index is 12.6. The molecule has 0 saturated heterocycles. The van der Waals surface area contributed by atoms with Crippen molar-refractivity contribution in [2.24, 2.45) is 0 Å². The normalized spacial score (nSPS) is 10.8. The van der Waals surface area contributed by atoms with E-state index in [9.17, 15) is 4.79 Å². The SMILES string of the molecule is Cc1ccc(-c2ccc(C(=O)Nc3ccnc4cc(Cl)ccc34)o2)cc1. The van der Waals surface area contributed by atoms with E-state index in [0.717, 1.165) is 16.5 Å². The number of nitrogens with one attached hydrogen (secondary N) is 1. The predicted molar refractivity (Wildman–Crippen MR) is 104 cm³/mol. The summed E-state index contributed by atoms with van der Waals surface area (Å²) in [5.41, 5.74) is 3.47. The van der Waals surface area contributed by atoms with Crippen LogP contribution in [0.25, 0.3) is 22.2 Å². The van der Waals surface area contributed by atoms with Crippen LogP contribution in [0.4, 0.5) is 5.69 Å². The molecule has 0 fully saturated rings. The van der Waals surface area contributed by atoms with Gasteiger partial charge in [0.2, 0.25) is 0 Å². The summed E-state index contributed by atoms with van der Waals surface area (Å²) in [6.07, 6.45) is 1.63. The molecule has 0 aliphatic carbocycles. The number of carbonyl (C=O) groups is 1. The van der Waals surface area contributed by atoms with Crippen molar-refractivity contribution < 1.29 is 9.21 Å². The molecule has 4 rings (SSSR count). The Kier molecular flexibility index (Phi) is 4.19. The van der Waals surface area contributed by atoms with Crippen LogP contribution in [0.15, 0.2) is 71.3 Å². The number of hydrogen-bond donors (Lipinski definition) is 1. The molecule has 2 aromatic heterocycles. The summed E-state index contributed by atoms with van der Waals surface area (Å²) in [6.45, 7) is 2.02. The molecule has 0 unspecified atom stereocenters. The highest BCUT2D eigenvalue weighted by Crippen LogP contribution is 2.26. The molecule has 1 amide bonds. The van der Waals surface area contributed by atoms with E-state index in [-0.39, 0.29) is 11.7 Å². The second-order valence-corrected chi connectivity index (χ2v) is 6.44. The predicted octanol–water partition coefficient (Wildman–Crippen LogP) is 5.71. The van der Waals surface area contributed by atoms with Crippen LogP contribution in [0.3, 0.4) is 0 Å². The van der Waals surface area contributed by atoms with E-state index in [4.69, 9.17) is 16.0 Å². The Balaban J connectivity index is 1.60. The lowest BCUT2D eigenvalue weighted by atomic mass is 10.1. The Morgan fingerprint density at radius 3 is 2.65 bits per heavy atom. The van der Waals surface area contributed by atoms with Gasteiger partial charge in [0.25, 0.3) is 5.91 Å². The number of hydrogen-bond acceptors (Lipinski definition) is 3. The topological polar surface area (TPSA) is 55.1 Å². The second kappa shape index (κ2) is 6.65. The first-order valence-corrected chi connectivity index (χ1v) is 8.50. The van der Waals surface area contributed by atoms with Crippen LogP contribution < -0.4 is 5.32 Å². The first kappa shape index (κ1) is 16.4. The number of aromatic nitrogens is 1. The molecule has 0 aliphatic heterocycles. The van der Waals surface area contributed by atoms with E-state index < -0.39 is 0 Å². The van der Waals surface area contributed by atoms with E-state index in [1.807, 2.05) is 37.3 Å². The van der Waals surface area contributed by atoms with Gasteiger partial charge in [-0.05, 0) is 43.3 Å². The highest BCUT2D eigenvalue weighted by Gasteiger charge is 2.14. The molecular weight excluding hydrogens is 348 g/mol. The molecule has 0 aliphatic rings. The van der Waals surface area contributed by atoms with Gasteiger partial charge < -0.3 is 9.73 Å². The van der Waals surface area contributed by atoms with Gasteiger partial charge >= 0.3 is 0 Å². The molecule has 128 valence electrons. The van der Waals surface area contributed by atoms with Crippen molar-refractivity contribution in [3.05, 3.63) is 83.2 Å². The Morgan fingerprint density at radius 2 is 1.85 bits per heavy atom. The minimum absolute atomic E-state index is 0.250. The quantitative estimate of drug-likeness (QED) is 0.508. The van der Waals surface area contributed by atoms with Crippen molar-refractivity contribution in [1.29, 1.82) is 0 Å². The van der Waals surface area contributed by atoms with Gasteiger partial charge in [-0.3, -0.25) is 9.78 Å². The number of fused-ring (bicyclic) bond motifs is 1. The van der Waals surface area contributed by atoms with Crippen LogP contribution in [0.1, 0.15) is 16.1 Å². The van der Waals surface area contributed by atoms with Gasteiger partial charge in [0, 0.05) is 22.2 Å². The van der Waals surface area contributed by atoms with Crippen molar-refractivity contribution in [1.82, 2.24) is 4.98 Å². The monoisotopic (exact) mass is 362 g/mol. The molecular formula is C21H15ClN2O2. The largest absolute Gasteiger partial charge is 0.451 e. The molecule has 0 atom stereocenters. The molecule has 2 aromatic carbocycles. The van der Waals surface area contributed by atoms with E-state index in [1.165, 1.54) is 5.56 Å². The summed E-state index contributed by atoms with van der Waals surface area (Å²) in [4.78, 5) is 16.8. The van der Waals surface area contributed by atoms with Crippen molar-refractivity contribution in [3.63, 3.8) is 0 Å². The zero-order valence-corrected chi connectivity index (χ0v) is 14.7. The second-order valence-electron chi connectivity index (χ2n) is 6.00. The fraction of sp³-hybridized carbons (Fsp3) is 0.0476. The molecule has 5 heteroatoms. The summed E-state index contributed by atoms with van der Waals surface area (Å²) in [5.74, 6) is 0.590. The van der Waals surface area contributed by atoms with Crippen molar-refractivity contribution >= 4 is 34.1 Å². The zero-order chi connectivity index (χ0) is 18.1. The van der Waals surface area contributed by atoms with Gasteiger partial charge in [-0.1, -0.05) is 41.4 Å². The van der Waals surface area contributed by atoms with Crippen LogP contribution in [0.5, 0.6) is 0 Å². The summed E-state index contributed by atoms with van der Waals surface area (Å²) < 4.78 is 5.73. The number of amides is 1. The summed E-state index contributed by atoms with van der Waals surface area (Å²) in [7, 11) is 0. The van der Waals surface area contributed by atoms with Crippen molar-refractivity contribution in [2.45, 2.75) is 6.92 Å². The lowest BCUT2D eigenvalue weighted by Crippen LogP contribution is -2.11. The zero-order valence-electron chi connectivity index (χ0n) is 14.0. The van der Waals surface area contributed by atoms with Gasteiger partial charge in [-0.25, -0.2) is 0 Å². The van der Waals surface area contributed by atoms with Gasteiger partial charge in [0.15, 0.2) is 5.76 Å². The number of carbonyl (C=O) groups excluding carboxylic acids is 1. The number of aryl methyl sites for hydroxylation is 1. The van der Waals surface area contributed by atoms with Gasteiger partial charge in [-0.2, -0.15) is 0 Å². The number of benzene rings is 2. The average Bonchev–Trinajstić information content (AvgIpc) is 3.12. The summed E-state index contributed by atoms with van der Waals surface area (Å²) >= 11 is 6.00. The first-order chi connectivity index (χ1) is 12.6. The van der Waals surface area contributed by atoms with Gasteiger partial charge in [0.1, 0.15) is 5.76 Å². The van der Waals surface area contributed by atoms with Crippen LogP contribution in [0.2, 0.25) is 5.02 Å². The van der Waals surface area contributed by atoms with Crippen LogP contribution >= 0.6 is 11.6 Å². The summed E-state index contributed by atoms with van der Waals surface area (Å²) in [5, 5.41) is 4.29. The number of anilines is 1. The number of nitrogens with zero attached hydrogens (tertiary/aromatic N) is 1. The highest BCUT2D eigenvalue weighted by atomic mass is 35.5. The Hall–Kier alpha value is -3.11. The molecule has 0 saturated carbocycles. The molecule has 4 nitrogen and oxygen atoms in total. The van der Waals surface area contributed by atoms with Crippen molar-refractivity contribution in [2.75, 3.05) is 5.32 Å². The van der Waals surface area contributed by atoms with Gasteiger partial charge in [-0.15, -0.1) is 0 Å². The third-order valence-corrected chi connectivity index (χ3v) is 4.35. The van der Waals surface area contributed by atoms with Crippen LogP contribution in [0, 0.1) is 6.92 Å². The molecule has 26 heavy (non-hydrogen) atoms. The lowest BCUT2D eigenvalue weighted by molar-refractivity contribution is 0.0997. The maximum Gasteiger partial charge on any atom is 0.291 e. The van der Waals surface area contributed by atoms with E-state index in [0.29, 0.717) is 16.5 Å². The molecule has 0 radical (unpaired) electrons. The fourth-order valence-electron chi connectivity index (χ4n) is 2.75. The van der Waals surface area contributed by atoms with E-state index in [1.54, 1.807) is 36.5 Å². The fourth-order valence-corrected chi connectivity index (χ4v) is 2.91. The molecule has 1 N–H and O–H groups in total. The minimum atomic E-state index is -0.314. The summed E-state index contributed by atoms with van der Waals surface area (Å²) in [6, 6.07) is 18.5. The third kappa shape index (κ3) is 3.19. The van der Waals surface area contributed by atoms with Crippen molar-refractivity contribution in [3.8, 4) is 11.3 Å². The Morgan fingerprint density at radius 1 is 1.04 bits per heavy atom. The van der Waals surface area contributed by atoms with Gasteiger partial charge in [0.05, 0.1) is 11.2 Å². The Labute approximate surface area is 155 Å². The van der Waals surface area contributed by atoms with E-state index in [2.05, 4.69) is 10.3 Å². The number of rotatable bonds is 3. The molecule has 0 bridgehead atoms. The minimum Gasteiger partial charge on any atom is -0.451 e. The number of furan rings is 1. The maximum atomic E-state index is 12.6. The third-order valence-electron chi connectivity index (χ3n) is 4.12. The van der Waals surface area contributed by atoms with Crippen LogP contribution in [-0.2, 0) is 0 Å². The standard InChI is InChI=1S/C21H15ClN2O2/c1-13-2-4-14(5-3-13)19-8-9-20(26-19)21(25)24-17-10-11-23-18-12-15(22)6-7-16(17)18/h2-12H,1H3,(H,23,24,25). The first-order valence-electron chi connectivity index (χ1n) is 8.13. The number of pyridine rings is 1. The Bertz CT molecular complexity index is 1100. The average molecular weight is 363 g/mol.